The van der Waals surface area contributed by atoms with Crippen molar-refractivity contribution in [1.82, 2.24) is 4.31 Å². The summed E-state index contributed by atoms with van der Waals surface area (Å²) in [7, 11) is -3.62. The third-order valence-electron chi connectivity index (χ3n) is 5.77. The van der Waals surface area contributed by atoms with Gasteiger partial charge in [0.2, 0.25) is 15.9 Å². The van der Waals surface area contributed by atoms with Gasteiger partial charge in [-0.15, -0.1) is 0 Å². The number of amides is 1. The molecule has 0 unspecified atom stereocenters. The van der Waals surface area contributed by atoms with Gasteiger partial charge in [-0.2, -0.15) is 13.1 Å². The van der Waals surface area contributed by atoms with Crippen molar-refractivity contribution in [3.05, 3.63) is 53.6 Å². The number of ether oxygens (including phenoxy) is 1. The molecule has 1 aliphatic heterocycles. The molecule has 1 aliphatic rings. The maximum Gasteiger partial charge on any atom is 0.387 e. The number of rotatable bonds is 7. The second-order valence-electron chi connectivity index (χ2n) is 8.20. The van der Waals surface area contributed by atoms with Gasteiger partial charge >= 0.3 is 6.61 Å². The first-order valence-corrected chi connectivity index (χ1v) is 12.0. The highest BCUT2D eigenvalue weighted by molar-refractivity contribution is 7.89. The summed E-state index contributed by atoms with van der Waals surface area (Å²) in [6.07, 6.45) is 0.753. The van der Waals surface area contributed by atoms with E-state index in [0.29, 0.717) is 30.0 Å². The van der Waals surface area contributed by atoms with E-state index in [2.05, 4.69) is 10.1 Å². The van der Waals surface area contributed by atoms with Crippen LogP contribution in [0.5, 0.6) is 5.75 Å². The second kappa shape index (κ2) is 9.95. The van der Waals surface area contributed by atoms with E-state index in [4.69, 9.17) is 0 Å². The van der Waals surface area contributed by atoms with Crippen LogP contribution in [0, 0.1) is 12.8 Å². The van der Waals surface area contributed by atoms with Gasteiger partial charge < -0.3 is 10.1 Å². The molecular formula is C23H28F2N2O4S. The first kappa shape index (κ1) is 24.1. The number of halogens is 2. The lowest BCUT2D eigenvalue weighted by atomic mass is 9.97. The molecule has 0 radical (unpaired) electrons. The lowest BCUT2D eigenvalue weighted by Crippen LogP contribution is -2.41. The molecule has 3 rings (SSSR count). The van der Waals surface area contributed by atoms with E-state index in [-0.39, 0.29) is 35.6 Å². The van der Waals surface area contributed by atoms with Gasteiger partial charge in [-0.05, 0) is 55.5 Å². The van der Waals surface area contributed by atoms with Crippen molar-refractivity contribution in [1.29, 1.82) is 0 Å². The van der Waals surface area contributed by atoms with Crippen LogP contribution in [-0.4, -0.2) is 38.3 Å². The normalized spacial score (nSPS) is 15.8. The molecule has 1 saturated heterocycles. The Morgan fingerprint density at radius 2 is 1.72 bits per heavy atom. The molecule has 0 spiro atoms. The fraction of sp³-hybridized carbons (Fsp3) is 0.435. The number of benzene rings is 2. The van der Waals surface area contributed by atoms with E-state index in [0.717, 1.165) is 5.56 Å². The fourth-order valence-corrected chi connectivity index (χ4v) is 5.21. The summed E-state index contributed by atoms with van der Waals surface area (Å²) in [5, 5.41) is 2.76. The van der Waals surface area contributed by atoms with Crippen molar-refractivity contribution in [2.75, 3.05) is 18.4 Å². The highest BCUT2D eigenvalue weighted by Gasteiger charge is 2.32. The van der Waals surface area contributed by atoms with E-state index in [1.165, 1.54) is 16.4 Å². The Morgan fingerprint density at radius 3 is 2.28 bits per heavy atom. The summed E-state index contributed by atoms with van der Waals surface area (Å²) in [4.78, 5) is 13.0. The minimum atomic E-state index is -3.62. The summed E-state index contributed by atoms with van der Waals surface area (Å²) >= 11 is 0. The van der Waals surface area contributed by atoms with Crippen LogP contribution in [0.4, 0.5) is 14.5 Å². The molecule has 1 amide bonds. The Hall–Kier alpha value is -2.52. The van der Waals surface area contributed by atoms with Gasteiger partial charge in [-0.1, -0.05) is 32.0 Å². The number of anilines is 1. The largest absolute Gasteiger partial charge is 0.434 e. The summed E-state index contributed by atoms with van der Waals surface area (Å²) < 4.78 is 56.9. The van der Waals surface area contributed by atoms with Crippen molar-refractivity contribution >= 4 is 21.6 Å². The van der Waals surface area contributed by atoms with Crippen LogP contribution in [0.25, 0.3) is 0 Å². The predicted octanol–water partition coefficient (Wildman–Crippen LogP) is 4.76. The van der Waals surface area contributed by atoms with E-state index in [1.807, 2.05) is 26.0 Å². The number of hydrogen-bond acceptors (Lipinski definition) is 4. The van der Waals surface area contributed by atoms with E-state index in [9.17, 15) is 22.0 Å². The molecule has 6 nitrogen and oxygen atoms in total. The third kappa shape index (κ3) is 5.45. The number of piperidine rings is 1. The van der Waals surface area contributed by atoms with Gasteiger partial charge in [0.05, 0.1) is 4.90 Å². The smallest absolute Gasteiger partial charge is 0.387 e. The molecule has 1 fully saturated rings. The van der Waals surface area contributed by atoms with Gasteiger partial charge in [-0.3, -0.25) is 4.79 Å². The molecule has 9 heteroatoms. The number of nitrogens with zero attached hydrogens (tertiary/aromatic N) is 1. The van der Waals surface area contributed by atoms with Crippen LogP contribution < -0.4 is 10.1 Å². The number of hydrogen-bond donors (Lipinski definition) is 1. The lowest BCUT2D eigenvalue weighted by Gasteiger charge is -2.30. The fourth-order valence-electron chi connectivity index (χ4n) is 3.74. The first-order valence-electron chi connectivity index (χ1n) is 10.5. The molecule has 2 aromatic carbocycles. The maximum absolute atomic E-state index is 13.0. The van der Waals surface area contributed by atoms with Crippen LogP contribution >= 0.6 is 0 Å². The molecule has 0 bridgehead atoms. The highest BCUT2D eigenvalue weighted by atomic mass is 32.2. The van der Waals surface area contributed by atoms with Crippen molar-refractivity contribution < 1.29 is 26.7 Å². The van der Waals surface area contributed by atoms with Gasteiger partial charge in [0.15, 0.2) is 0 Å². The zero-order valence-electron chi connectivity index (χ0n) is 18.3. The topological polar surface area (TPSA) is 75.7 Å². The monoisotopic (exact) mass is 466 g/mol. The molecule has 2 aromatic rings. The second-order valence-corrected chi connectivity index (χ2v) is 10.1. The average Bonchev–Trinajstić information content (AvgIpc) is 2.76. The van der Waals surface area contributed by atoms with Crippen LogP contribution in [0.3, 0.4) is 0 Å². The Labute approximate surface area is 187 Å². The van der Waals surface area contributed by atoms with Gasteiger partial charge in [0, 0.05) is 30.3 Å². The van der Waals surface area contributed by atoms with Crippen LogP contribution in [0.15, 0.2) is 47.4 Å². The molecule has 32 heavy (non-hydrogen) atoms. The summed E-state index contributed by atoms with van der Waals surface area (Å²) in [5.41, 5.74) is 1.87. The Kier molecular flexibility index (Phi) is 7.51. The van der Waals surface area contributed by atoms with Gasteiger partial charge in [-0.25, -0.2) is 8.42 Å². The molecule has 0 atom stereocenters. The minimum Gasteiger partial charge on any atom is -0.434 e. The Balaban J connectivity index is 1.62. The minimum absolute atomic E-state index is 0.00204. The third-order valence-corrected chi connectivity index (χ3v) is 7.68. The predicted molar refractivity (Wildman–Crippen MR) is 118 cm³/mol. The Morgan fingerprint density at radius 1 is 1.09 bits per heavy atom. The van der Waals surface area contributed by atoms with Crippen LogP contribution in [0.2, 0.25) is 0 Å². The number of sulfonamides is 1. The molecule has 0 aliphatic carbocycles. The van der Waals surface area contributed by atoms with E-state index in [1.54, 1.807) is 25.1 Å². The lowest BCUT2D eigenvalue weighted by molar-refractivity contribution is -0.120. The maximum atomic E-state index is 13.0. The average molecular weight is 467 g/mol. The van der Waals surface area contributed by atoms with Crippen molar-refractivity contribution in [2.45, 2.75) is 51.0 Å². The van der Waals surface area contributed by atoms with Gasteiger partial charge in [0.1, 0.15) is 5.75 Å². The number of alkyl halides is 2. The molecule has 1 N–H and O–H groups in total. The van der Waals surface area contributed by atoms with E-state index < -0.39 is 16.6 Å². The van der Waals surface area contributed by atoms with Crippen LogP contribution in [-0.2, 0) is 14.8 Å². The SMILES string of the molecule is Cc1c(NC(=O)C2CCN(S(=O)(=O)c3ccc(C(C)C)cc3)CC2)cccc1OC(F)F. The summed E-state index contributed by atoms with van der Waals surface area (Å²) in [6, 6.07) is 11.5. The van der Waals surface area contributed by atoms with Crippen LogP contribution in [0.1, 0.15) is 43.7 Å². The standard InChI is InChI=1S/C23H28F2N2O4S/c1-15(2)17-7-9-19(10-8-17)32(29,30)27-13-11-18(12-14-27)22(28)26-20-5-4-6-21(16(20)3)31-23(24)25/h4-10,15,18,23H,11-14H2,1-3H3,(H,26,28). The zero-order valence-corrected chi connectivity index (χ0v) is 19.2. The molecular weight excluding hydrogens is 438 g/mol. The first-order chi connectivity index (χ1) is 15.1. The number of nitrogens with one attached hydrogen (secondary N) is 1. The van der Waals surface area contributed by atoms with Gasteiger partial charge in [0.25, 0.3) is 0 Å². The molecule has 1 heterocycles. The number of carbonyl (C=O) groups is 1. The van der Waals surface area contributed by atoms with Crippen molar-refractivity contribution in [3.8, 4) is 5.75 Å². The van der Waals surface area contributed by atoms with Crippen molar-refractivity contribution in [3.63, 3.8) is 0 Å². The summed E-state index contributed by atoms with van der Waals surface area (Å²) in [6.45, 7) is 3.20. The Bertz CT molecular complexity index is 1050. The van der Waals surface area contributed by atoms with Crippen molar-refractivity contribution in [2.24, 2.45) is 5.92 Å². The summed E-state index contributed by atoms with van der Waals surface area (Å²) in [5.74, 6) is -0.320. The number of carbonyl (C=O) groups excluding carboxylic acids is 1. The molecule has 0 saturated carbocycles. The van der Waals surface area contributed by atoms with E-state index >= 15 is 0 Å². The zero-order chi connectivity index (χ0) is 23.5. The quantitative estimate of drug-likeness (QED) is 0.639. The molecule has 0 aromatic heterocycles. The highest BCUT2D eigenvalue weighted by Crippen LogP contribution is 2.29. The molecule has 174 valence electrons.